The van der Waals surface area contributed by atoms with E-state index in [-0.39, 0.29) is 30.3 Å². The van der Waals surface area contributed by atoms with Crippen molar-refractivity contribution in [2.45, 2.75) is 43.9 Å². The van der Waals surface area contributed by atoms with Crippen molar-refractivity contribution in [3.05, 3.63) is 64.6 Å². The van der Waals surface area contributed by atoms with Crippen LogP contribution in [0.5, 0.6) is 0 Å². The largest absolute Gasteiger partial charge is 0.459 e. The number of benzene rings is 1. The maximum Gasteiger partial charge on any atom is 0.288 e. The monoisotopic (exact) mass is 599 g/mol. The summed E-state index contributed by atoms with van der Waals surface area (Å²) >= 11 is 1.62. The average molecular weight is 600 g/mol. The Hall–Kier alpha value is -2.96. The van der Waals surface area contributed by atoms with E-state index in [2.05, 4.69) is 21.7 Å². The maximum absolute atomic E-state index is 13.9. The van der Waals surface area contributed by atoms with Gasteiger partial charge in [-0.05, 0) is 66.8 Å². The lowest BCUT2D eigenvalue weighted by molar-refractivity contribution is -0.172. The molecule has 0 unspecified atom stereocenters. The molecule has 0 bridgehead atoms. The molecule has 5 rings (SSSR count). The smallest absolute Gasteiger partial charge is 0.288 e. The second kappa shape index (κ2) is 14.5. The lowest BCUT2D eigenvalue weighted by Crippen LogP contribution is -2.57. The zero-order valence-corrected chi connectivity index (χ0v) is 24.9. The topological polar surface area (TPSA) is 110 Å². The molecule has 11 heteroatoms. The van der Waals surface area contributed by atoms with Crippen molar-refractivity contribution in [3.8, 4) is 0 Å². The number of carbonyl (C=O) groups excluding carboxylic acids is 2. The van der Waals surface area contributed by atoms with Crippen LogP contribution < -0.4 is 10.2 Å². The van der Waals surface area contributed by atoms with E-state index in [9.17, 15) is 9.59 Å². The van der Waals surface area contributed by atoms with Crippen LogP contribution in [0.15, 0.2) is 59.0 Å². The molecule has 0 saturated carbocycles. The third kappa shape index (κ3) is 6.65. The first-order valence-electron chi connectivity index (χ1n) is 14.8. The first kappa shape index (κ1) is 30.5. The maximum atomic E-state index is 13.9. The molecule has 0 aliphatic carbocycles. The zero-order valence-electron chi connectivity index (χ0n) is 24.1. The van der Waals surface area contributed by atoms with Crippen LogP contribution in [0.4, 0.5) is 5.69 Å². The molecule has 3 aliphatic rings. The molecule has 228 valence electrons. The van der Waals surface area contributed by atoms with E-state index in [0.29, 0.717) is 77.8 Å². The van der Waals surface area contributed by atoms with E-state index < -0.39 is 11.8 Å². The van der Waals surface area contributed by atoms with E-state index in [1.807, 2.05) is 48.7 Å². The van der Waals surface area contributed by atoms with Gasteiger partial charge in [-0.15, -0.1) is 0 Å². The van der Waals surface area contributed by atoms with Crippen molar-refractivity contribution in [1.29, 1.82) is 0 Å². The average Bonchev–Trinajstić information content (AvgIpc) is 3.66. The molecule has 0 radical (unpaired) electrons. The Morgan fingerprint density at radius 2 is 1.88 bits per heavy atom. The quantitative estimate of drug-likeness (QED) is 0.338. The third-order valence-electron chi connectivity index (χ3n) is 8.34. The number of carbonyl (C=O) groups is 2. The SMILES string of the molecule is CCO[C@@H]1OC(C(=O)N2CCC3(CC2)C(=O)NCN3c2ccccc2)=C[C@H](c2ccsc2)[C@@H]1CCOCCOCCO. The Kier molecular flexibility index (Phi) is 10.5. The minimum atomic E-state index is -0.665. The van der Waals surface area contributed by atoms with Gasteiger partial charge < -0.3 is 39.2 Å². The Labute approximate surface area is 251 Å². The Morgan fingerprint density at radius 1 is 1.12 bits per heavy atom. The highest BCUT2D eigenvalue weighted by Gasteiger charge is 2.51. The number of piperidine rings is 1. The number of para-hydroxylation sites is 1. The van der Waals surface area contributed by atoms with Crippen LogP contribution in [0.2, 0.25) is 0 Å². The van der Waals surface area contributed by atoms with Crippen LogP contribution >= 0.6 is 11.3 Å². The van der Waals surface area contributed by atoms with Gasteiger partial charge in [0.25, 0.3) is 5.91 Å². The predicted octanol–water partition coefficient (Wildman–Crippen LogP) is 3.10. The van der Waals surface area contributed by atoms with Gasteiger partial charge >= 0.3 is 0 Å². The highest BCUT2D eigenvalue weighted by molar-refractivity contribution is 7.08. The van der Waals surface area contributed by atoms with Crippen LogP contribution in [0.1, 0.15) is 37.7 Å². The van der Waals surface area contributed by atoms with Gasteiger partial charge in [-0.1, -0.05) is 18.2 Å². The summed E-state index contributed by atoms with van der Waals surface area (Å²) in [4.78, 5) is 30.9. The van der Waals surface area contributed by atoms with Crippen LogP contribution in [0.25, 0.3) is 0 Å². The van der Waals surface area contributed by atoms with Crippen molar-refractivity contribution in [2.24, 2.45) is 5.92 Å². The molecule has 3 atom stereocenters. The fourth-order valence-electron chi connectivity index (χ4n) is 6.15. The van der Waals surface area contributed by atoms with Gasteiger partial charge in [-0.2, -0.15) is 11.3 Å². The van der Waals surface area contributed by atoms with Gasteiger partial charge in [0.05, 0.1) is 33.1 Å². The van der Waals surface area contributed by atoms with Gasteiger partial charge in [0, 0.05) is 43.8 Å². The van der Waals surface area contributed by atoms with E-state index in [1.54, 1.807) is 16.2 Å². The van der Waals surface area contributed by atoms with Crippen LogP contribution in [-0.2, 0) is 28.5 Å². The van der Waals surface area contributed by atoms with Crippen molar-refractivity contribution in [1.82, 2.24) is 10.2 Å². The molecule has 4 heterocycles. The molecule has 1 spiro atoms. The molecule has 2 N–H and O–H groups in total. The standard InChI is InChI=1S/C31H41N3O7S/c1-2-40-29-25(8-15-38-17-18-39-16-14-35)26(23-9-19-42-21-23)20-27(41-29)28(36)33-12-10-31(11-13-33)30(37)32-22-34(31)24-6-4-3-5-7-24/h3-7,9,19-21,25-26,29,35H,2,8,10-18,22H2,1H3,(H,32,37)/t25-,26+,29+/m0/s1. The Bertz CT molecular complexity index is 1180. The summed E-state index contributed by atoms with van der Waals surface area (Å²) in [7, 11) is 0. The zero-order chi connectivity index (χ0) is 29.4. The molecule has 2 saturated heterocycles. The number of anilines is 1. The summed E-state index contributed by atoms with van der Waals surface area (Å²) in [5.41, 5.74) is 1.45. The lowest BCUT2D eigenvalue weighted by atomic mass is 9.82. The molecule has 1 aromatic heterocycles. The normalized spacial score (nSPS) is 23.5. The minimum Gasteiger partial charge on any atom is -0.459 e. The highest BCUT2D eigenvalue weighted by Crippen LogP contribution is 2.41. The summed E-state index contributed by atoms with van der Waals surface area (Å²) in [6.45, 7) is 5.38. The minimum absolute atomic E-state index is 0.00900. The molecule has 42 heavy (non-hydrogen) atoms. The first-order chi connectivity index (χ1) is 20.6. The molecule has 2 fully saturated rings. The van der Waals surface area contributed by atoms with Crippen LogP contribution in [0.3, 0.4) is 0 Å². The van der Waals surface area contributed by atoms with E-state index in [4.69, 9.17) is 24.1 Å². The summed E-state index contributed by atoms with van der Waals surface area (Å²) in [6.07, 6.45) is 3.11. The van der Waals surface area contributed by atoms with Crippen molar-refractivity contribution in [2.75, 3.05) is 64.3 Å². The molecule has 1 aromatic carbocycles. The predicted molar refractivity (Wildman–Crippen MR) is 159 cm³/mol. The summed E-state index contributed by atoms with van der Waals surface area (Å²) in [5.74, 6) is 0.0347. The van der Waals surface area contributed by atoms with E-state index >= 15 is 0 Å². The molecule has 2 aromatic rings. The van der Waals surface area contributed by atoms with Gasteiger partial charge in [0.15, 0.2) is 5.76 Å². The second-order valence-corrected chi connectivity index (χ2v) is 11.5. The molecular formula is C31H41N3O7S. The summed E-state index contributed by atoms with van der Waals surface area (Å²) in [5, 5.41) is 16.0. The first-order valence-corrected chi connectivity index (χ1v) is 15.7. The van der Waals surface area contributed by atoms with E-state index in [0.717, 1.165) is 11.3 Å². The fraction of sp³-hybridized carbons (Fsp3) is 0.548. The highest BCUT2D eigenvalue weighted by atomic mass is 32.1. The van der Waals surface area contributed by atoms with Gasteiger partial charge in [-0.3, -0.25) is 9.59 Å². The molecule has 3 aliphatic heterocycles. The number of rotatable bonds is 13. The summed E-state index contributed by atoms with van der Waals surface area (Å²) < 4.78 is 23.4. The second-order valence-electron chi connectivity index (χ2n) is 10.7. The number of thiophene rings is 1. The molecule has 2 amide bonds. The number of aliphatic hydroxyl groups is 1. The Morgan fingerprint density at radius 3 is 2.57 bits per heavy atom. The fourth-order valence-corrected chi connectivity index (χ4v) is 6.86. The van der Waals surface area contributed by atoms with Gasteiger partial charge in [-0.25, -0.2) is 0 Å². The van der Waals surface area contributed by atoms with E-state index in [1.165, 1.54) is 0 Å². The van der Waals surface area contributed by atoms with Crippen molar-refractivity contribution >= 4 is 28.8 Å². The third-order valence-corrected chi connectivity index (χ3v) is 9.04. The number of likely N-dealkylation sites (tertiary alicyclic amines) is 1. The number of hydrogen-bond donors (Lipinski definition) is 2. The van der Waals surface area contributed by atoms with Crippen molar-refractivity contribution in [3.63, 3.8) is 0 Å². The van der Waals surface area contributed by atoms with Gasteiger partial charge in [0.1, 0.15) is 5.54 Å². The Balaban J connectivity index is 1.28. The number of nitrogens with zero attached hydrogens (tertiary/aromatic N) is 2. The number of ether oxygens (including phenoxy) is 4. The number of nitrogens with one attached hydrogen (secondary N) is 1. The van der Waals surface area contributed by atoms with Crippen LogP contribution in [-0.4, -0.2) is 93.0 Å². The number of aliphatic hydroxyl groups excluding tert-OH is 1. The molecule has 10 nitrogen and oxygen atoms in total. The summed E-state index contributed by atoms with van der Waals surface area (Å²) in [6, 6.07) is 12.0. The van der Waals surface area contributed by atoms with Crippen molar-refractivity contribution < 1.29 is 33.6 Å². The number of allylic oxidation sites excluding steroid dienone is 1. The lowest BCUT2D eigenvalue weighted by Gasteiger charge is -2.44. The number of hydrogen-bond acceptors (Lipinski definition) is 9. The molecular weight excluding hydrogens is 558 g/mol. The number of amides is 2. The van der Waals surface area contributed by atoms with Gasteiger partial charge in [0.2, 0.25) is 12.2 Å². The van der Waals surface area contributed by atoms with Crippen LogP contribution in [0, 0.1) is 5.92 Å².